The molecule has 1 heterocycles. The molecule has 1 aromatic heterocycles. The number of hydrogen-bond acceptors (Lipinski definition) is 4. The van der Waals surface area contributed by atoms with Gasteiger partial charge in [0.2, 0.25) is 0 Å². The van der Waals surface area contributed by atoms with E-state index in [1.807, 2.05) is 30.3 Å². The van der Waals surface area contributed by atoms with E-state index in [-0.39, 0.29) is 6.42 Å². The maximum Gasteiger partial charge on any atom is 0.323 e. The lowest BCUT2D eigenvalue weighted by Gasteiger charge is -2.11. The van der Waals surface area contributed by atoms with Crippen molar-refractivity contribution in [2.75, 3.05) is 6.61 Å². The number of carbonyl (C=O) groups is 1. The summed E-state index contributed by atoms with van der Waals surface area (Å²) in [5, 5.41) is 4.90. The quantitative estimate of drug-likeness (QED) is 0.860. The largest absolute Gasteiger partial charge is 0.465 e. The molecular formula is C15H18ClN3O2. The van der Waals surface area contributed by atoms with Gasteiger partial charge >= 0.3 is 5.97 Å². The van der Waals surface area contributed by atoms with Crippen LogP contribution in [0.5, 0.6) is 0 Å². The number of hydrogen-bond donors (Lipinski definition) is 1. The summed E-state index contributed by atoms with van der Waals surface area (Å²) < 4.78 is 6.51. The van der Waals surface area contributed by atoms with Crippen molar-refractivity contribution in [3.8, 4) is 11.3 Å². The third-order valence-corrected chi connectivity index (χ3v) is 3.60. The second-order valence-corrected chi connectivity index (χ2v) is 5.03. The van der Waals surface area contributed by atoms with Crippen LogP contribution >= 0.6 is 11.6 Å². The van der Waals surface area contributed by atoms with E-state index in [2.05, 4.69) is 5.10 Å². The molecule has 2 rings (SSSR count). The molecule has 2 aromatic rings. The van der Waals surface area contributed by atoms with E-state index in [1.165, 1.54) is 0 Å². The van der Waals surface area contributed by atoms with Gasteiger partial charge in [-0.15, -0.1) is 0 Å². The van der Waals surface area contributed by atoms with Gasteiger partial charge in [0.15, 0.2) is 0 Å². The fraction of sp³-hybridized carbons (Fsp3) is 0.333. The maximum absolute atomic E-state index is 11.7. The third kappa shape index (κ3) is 3.43. The van der Waals surface area contributed by atoms with Crippen molar-refractivity contribution >= 4 is 17.6 Å². The highest BCUT2D eigenvalue weighted by Gasteiger charge is 2.22. The van der Waals surface area contributed by atoms with Gasteiger partial charge in [0.1, 0.15) is 11.2 Å². The Morgan fingerprint density at radius 2 is 2.10 bits per heavy atom. The van der Waals surface area contributed by atoms with Crippen LogP contribution in [0, 0.1) is 0 Å². The average Bonchev–Trinajstić information content (AvgIpc) is 2.76. The molecule has 0 aliphatic heterocycles. The molecular weight excluding hydrogens is 290 g/mol. The van der Waals surface area contributed by atoms with Gasteiger partial charge in [0.05, 0.1) is 12.3 Å². The summed E-state index contributed by atoms with van der Waals surface area (Å²) in [4.78, 5) is 11.7. The molecule has 0 spiro atoms. The Balaban J connectivity index is 2.33. The number of benzene rings is 1. The van der Waals surface area contributed by atoms with Gasteiger partial charge in [0.25, 0.3) is 0 Å². The molecule has 0 radical (unpaired) electrons. The van der Waals surface area contributed by atoms with Crippen LogP contribution in [0.25, 0.3) is 11.3 Å². The predicted molar refractivity (Wildman–Crippen MR) is 82.0 cm³/mol. The SMILES string of the molecule is CCOC(=O)C(N)Cc1c(-c2ccccc2)nn(C)c1Cl. The first-order valence-corrected chi connectivity index (χ1v) is 7.11. The molecule has 1 unspecified atom stereocenters. The van der Waals surface area contributed by atoms with Crippen molar-refractivity contribution in [2.45, 2.75) is 19.4 Å². The van der Waals surface area contributed by atoms with Gasteiger partial charge in [-0.05, 0) is 6.92 Å². The van der Waals surface area contributed by atoms with Crippen molar-refractivity contribution in [1.29, 1.82) is 0 Å². The Hall–Kier alpha value is -1.85. The third-order valence-electron chi connectivity index (χ3n) is 3.13. The minimum atomic E-state index is -0.755. The fourth-order valence-corrected chi connectivity index (χ4v) is 2.31. The van der Waals surface area contributed by atoms with Crippen molar-refractivity contribution in [3.05, 3.63) is 41.0 Å². The van der Waals surface area contributed by atoms with Crippen LogP contribution in [0.4, 0.5) is 0 Å². The van der Waals surface area contributed by atoms with E-state index in [1.54, 1.807) is 18.7 Å². The van der Waals surface area contributed by atoms with Gasteiger partial charge in [-0.1, -0.05) is 41.9 Å². The summed E-state index contributed by atoms with van der Waals surface area (Å²) >= 11 is 6.28. The highest BCUT2D eigenvalue weighted by molar-refractivity contribution is 6.30. The number of halogens is 1. The number of carbonyl (C=O) groups excluding carboxylic acids is 1. The molecule has 0 aliphatic rings. The lowest BCUT2D eigenvalue weighted by Crippen LogP contribution is -2.34. The zero-order valence-electron chi connectivity index (χ0n) is 12.0. The zero-order valence-corrected chi connectivity index (χ0v) is 12.8. The van der Waals surface area contributed by atoms with E-state index in [4.69, 9.17) is 22.1 Å². The first kappa shape index (κ1) is 15.5. The molecule has 1 atom stereocenters. The van der Waals surface area contributed by atoms with Crippen LogP contribution in [-0.4, -0.2) is 28.4 Å². The molecule has 2 N–H and O–H groups in total. The Labute approximate surface area is 128 Å². The second kappa shape index (κ2) is 6.74. The molecule has 21 heavy (non-hydrogen) atoms. The van der Waals surface area contributed by atoms with E-state index in [0.717, 1.165) is 16.8 Å². The van der Waals surface area contributed by atoms with E-state index >= 15 is 0 Å². The lowest BCUT2D eigenvalue weighted by atomic mass is 10.0. The number of esters is 1. The Morgan fingerprint density at radius 3 is 2.71 bits per heavy atom. The molecule has 0 aliphatic carbocycles. The van der Waals surface area contributed by atoms with Crippen molar-refractivity contribution in [1.82, 2.24) is 9.78 Å². The van der Waals surface area contributed by atoms with Gasteiger partial charge < -0.3 is 10.5 Å². The predicted octanol–water partition coefficient (Wildman–Crippen LogP) is 2.17. The average molecular weight is 308 g/mol. The smallest absolute Gasteiger partial charge is 0.323 e. The van der Waals surface area contributed by atoms with Crippen LogP contribution in [0.3, 0.4) is 0 Å². The zero-order chi connectivity index (χ0) is 15.4. The Kier molecular flexibility index (Phi) is 4.98. The molecule has 6 heteroatoms. The Morgan fingerprint density at radius 1 is 1.43 bits per heavy atom. The number of aromatic nitrogens is 2. The summed E-state index contributed by atoms with van der Waals surface area (Å²) in [6.45, 7) is 2.05. The van der Waals surface area contributed by atoms with Crippen LogP contribution < -0.4 is 5.73 Å². The van der Waals surface area contributed by atoms with Crippen molar-refractivity contribution in [2.24, 2.45) is 12.8 Å². The minimum absolute atomic E-state index is 0.287. The number of nitrogens with zero attached hydrogens (tertiary/aromatic N) is 2. The van der Waals surface area contributed by atoms with E-state index < -0.39 is 12.0 Å². The standard InChI is InChI=1S/C15H18ClN3O2/c1-3-21-15(20)12(17)9-11-13(18-19(2)14(11)16)10-7-5-4-6-8-10/h4-8,12H,3,9,17H2,1-2H3. The van der Waals surface area contributed by atoms with Gasteiger partial charge in [-0.25, -0.2) is 0 Å². The number of rotatable bonds is 5. The monoisotopic (exact) mass is 307 g/mol. The molecule has 5 nitrogen and oxygen atoms in total. The first-order valence-electron chi connectivity index (χ1n) is 6.73. The van der Waals surface area contributed by atoms with Gasteiger partial charge in [0, 0.05) is 24.6 Å². The molecule has 0 saturated heterocycles. The van der Waals surface area contributed by atoms with Crippen LogP contribution in [0.2, 0.25) is 5.15 Å². The topological polar surface area (TPSA) is 70.1 Å². The highest BCUT2D eigenvalue weighted by Crippen LogP contribution is 2.29. The van der Waals surface area contributed by atoms with Crippen LogP contribution in [-0.2, 0) is 23.0 Å². The first-order chi connectivity index (χ1) is 10.0. The van der Waals surface area contributed by atoms with Crippen LogP contribution in [0.15, 0.2) is 30.3 Å². The summed E-state index contributed by atoms with van der Waals surface area (Å²) in [5.74, 6) is -0.434. The highest BCUT2D eigenvalue weighted by atomic mass is 35.5. The number of aryl methyl sites for hydroxylation is 1. The Bertz CT molecular complexity index is 625. The number of ether oxygens (including phenoxy) is 1. The molecule has 0 fully saturated rings. The normalized spacial score (nSPS) is 12.2. The molecule has 1 aromatic carbocycles. The minimum Gasteiger partial charge on any atom is -0.465 e. The molecule has 0 bridgehead atoms. The van der Waals surface area contributed by atoms with E-state index in [0.29, 0.717) is 11.8 Å². The van der Waals surface area contributed by atoms with Gasteiger partial charge in [-0.3, -0.25) is 9.48 Å². The summed E-state index contributed by atoms with van der Waals surface area (Å²) in [7, 11) is 1.76. The van der Waals surface area contributed by atoms with Crippen molar-refractivity contribution < 1.29 is 9.53 Å². The van der Waals surface area contributed by atoms with Crippen LogP contribution in [0.1, 0.15) is 12.5 Å². The summed E-state index contributed by atoms with van der Waals surface area (Å²) in [6.07, 6.45) is 0.287. The number of nitrogens with two attached hydrogens (primary N) is 1. The lowest BCUT2D eigenvalue weighted by molar-refractivity contribution is -0.144. The molecule has 0 saturated carbocycles. The fourth-order valence-electron chi connectivity index (χ4n) is 2.11. The van der Waals surface area contributed by atoms with Crippen molar-refractivity contribution in [3.63, 3.8) is 0 Å². The molecule has 112 valence electrons. The second-order valence-electron chi connectivity index (χ2n) is 4.67. The maximum atomic E-state index is 11.7. The van der Waals surface area contributed by atoms with E-state index in [9.17, 15) is 4.79 Å². The summed E-state index contributed by atoms with van der Waals surface area (Å²) in [6, 6.07) is 8.91. The summed E-state index contributed by atoms with van der Waals surface area (Å²) in [5.41, 5.74) is 8.32. The molecule has 0 amide bonds. The van der Waals surface area contributed by atoms with Gasteiger partial charge in [-0.2, -0.15) is 5.10 Å².